The van der Waals surface area contributed by atoms with Crippen LogP contribution in [0.3, 0.4) is 0 Å². The average Bonchev–Trinajstić information content (AvgIpc) is 3.48. The first-order valence-corrected chi connectivity index (χ1v) is 11.1. The fourth-order valence-corrected chi connectivity index (χ4v) is 3.83. The van der Waals surface area contributed by atoms with Gasteiger partial charge in [0.25, 0.3) is 0 Å². The minimum atomic E-state index is -0.311. The number of nitrogens with zero attached hydrogens (tertiary/aromatic N) is 5. The van der Waals surface area contributed by atoms with Crippen LogP contribution in [-0.2, 0) is 6.54 Å². The number of hydrogen-bond donors (Lipinski definition) is 2. The highest BCUT2D eigenvalue weighted by Crippen LogP contribution is 2.21. The molecule has 0 saturated carbocycles. The van der Waals surface area contributed by atoms with Crippen molar-refractivity contribution in [1.82, 2.24) is 25.4 Å². The van der Waals surface area contributed by atoms with Crippen LogP contribution in [-0.4, -0.2) is 46.4 Å². The van der Waals surface area contributed by atoms with Crippen molar-refractivity contribution in [3.8, 4) is 18.0 Å². The molecule has 0 radical (unpaired) electrons. The Hall–Kier alpha value is -3.57. The molecule has 33 heavy (non-hydrogen) atoms. The van der Waals surface area contributed by atoms with Crippen LogP contribution >= 0.6 is 11.6 Å². The van der Waals surface area contributed by atoms with Gasteiger partial charge in [0.15, 0.2) is 17.6 Å². The lowest BCUT2D eigenvalue weighted by Crippen LogP contribution is -2.45. The standard InChI is InChI=1S/C24H25ClFN7/c1-2-3-11-28-24(30-20-9-13-32(17-20)23-22(26)8-5-12-27-23)29-16-19-10-14-33(31-19)21-7-4-6-18(25)15-21/h1,4-8,10,12,14-15,20H,3,9,11,13,16-17H2,(H2,28,29,30). The lowest BCUT2D eigenvalue weighted by atomic mass is 10.3. The molecule has 0 bridgehead atoms. The Bertz CT molecular complexity index is 1150. The summed E-state index contributed by atoms with van der Waals surface area (Å²) in [6.07, 6.45) is 10.3. The van der Waals surface area contributed by atoms with Gasteiger partial charge in [-0.2, -0.15) is 5.10 Å². The van der Waals surface area contributed by atoms with E-state index in [-0.39, 0.29) is 11.9 Å². The molecule has 1 atom stereocenters. The van der Waals surface area contributed by atoms with Crippen molar-refractivity contribution in [1.29, 1.82) is 0 Å². The molecule has 0 spiro atoms. The van der Waals surface area contributed by atoms with Gasteiger partial charge in [0.2, 0.25) is 0 Å². The Labute approximate surface area is 197 Å². The summed E-state index contributed by atoms with van der Waals surface area (Å²) in [5.74, 6) is 3.34. The summed E-state index contributed by atoms with van der Waals surface area (Å²) >= 11 is 6.08. The van der Waals surface area contributed by atoms with Crippen molar-refractivity contribution in [2.24, 2.45) is 4.99 Å². The summed E-state index contributed by atoms with van der Waals surface area (Å²) in [6.45, 7) is 2.34. The van der Waals surface area contributed by atoms with Crippen molar-refractivity contribution in [3.63, 3.8) is 0 Å². The normalized spacial score (nSPS) is 16.0. The summed E-state index contributed by atoms with van der Waals surface area (Å²) in [6, 6.07) is 12.6. The molecule has 2 N–H and O–H groups in total. The first-order valence-electron chi connectivity index (χ1n) is 10.8. The van der Waals surface area contributed by atoms with Crippen LogP contribution in [0.15, 0.2) is 59.9 Å². The number of terminal acetylenes is 1. The molecule has 3 heterocycles. The van der Waals surface area contributed by atoms with Gasteiger partial charge in [-0.1, -0.05) is 17.7 Å². The van der Waals surface area contributed by atoms with Crippen LogP contribution in [0.4, 0.5) is 10.2 Å². The molecule has 4 rings (SSSR count). The van der Waals surface area contributed by atoms with E-state index in [1.165, 1.54) is 6.07 Å². The summed E-state index contributed by atoms with van der Waals surface area (Å²) in [5, 5.41) is 11.9. The number of benzene rings is 1. The molecule has 1 saturated heterocycles. The second kappa shape index (κ2) is 10.8. The monoisotopic (exact) mass is 465 g/mol. The van der Waals surface area contributed by atoms with Crippen LogP contribution in [0.5, 0.6) is 0 Å². The summed E-state index contributed by atoms with van der Waals surface area (Å²) in [7, 11) is 0. The zero-order valence-corrected chi connectivity index (χ0v) is 18.8. The molecule has 7 nitrogen and oxygen atoms in total. The molecule has 0 amide bonds. The Morgan fingerprint density at radius 3 is 3.03 bits per heavy atom. The van der Waals surface area contributed by atoms with Crippen LogP contribution in [0.2, 0.25) is 5.02 Å². The maximum atomic E-state index is 14.1. The first kappa shape index (κ1) is 22.6. The topological polar surface area (TPSA) is 70.4 Å². The van der Waals surface area contributed by atoms with Gasteiger partial charge in [-0.05, 0) is 42.8 Å². The van der Waals surface area contributed by atoms with Crippen molar-refractivity contribution in [3.05, 3.63) is 71.4 Å². The van der Waals surface area contributed by atoms with E-state index >= 15 is 0 Å². The number of anilines is 1. The number of pyridine rings is 1. The maximum Gasteiger partial charge on any atom is 0.191 e. The molecule has 1 unspecified atom stereocenters. The number of hydrogen-bond acceptors (Lipinski definition) is 4. The smallest absolute Gasteiger partial charge is 0.191 e. The third-order valence-corrected chi connectivity index (χ3v) is 5.48. The van der Waals surface area contributed by atoms with E-state index in [0.717, 1.165) is 17.8 Å². The van der Waals surface area contributed by atoms with Gasteiger partial charge < -0.3 is 15.5 Å². The highest BCUT2D eigenvalue weighted by atomic mass is 35.5. The second-order valence-corrected chi connectivity index (χ2v) is 8.10. The third-order valence-electron chi connectivity index (χ3n) is 5.25. The lowest BCUT2D eigenvalue weighted by Gasteiger charge is -2.20. The molecule has 2 aromatic heterocycles. The molecule has 170 valence electrons. The molecule has 3 aromatic rings. The fourth-order valence-electron chi connectivity index (χ4n) is 3.65. The first-order chi connectivity index (χ1) is 16.1. The predicted molar refractivity (Wildman–Crippen MR) is 129 cm³/mol. The predicted octanol–water partition coefficient (Wildman–Crippen LogP) is 3.40. The SMILES string of the molecule is C#CCCNC(=NCc1ccn(-c2cccc(Cl)c2)n1)NC1CCN(c2ncccc2F)C1. The Morgan fingerprint density at radius 1 is 1.30 bits per heavy atom. The van der Waals surface area contributed by atoms with Gasteiger partial charge >= 0.3 is 0 Å². The molecule has 1 aliphatic rings. The number of nitrogens with one attached hydrogen (secondary N) is 2. The molecular weight excluding hydrogens is 441 g/mol. The van der Waals surface area contributed by atoms with E-state index in [4.69, 9.17) is 18.0 Å². The van der Waals surface area contributed by atoms with Gasteiger partial charge in [-0.25, -0.2) is 19.0 Å². The Kier molecular flexibility index (Phi) is 7.43. The highest BCUT2D eigenvalue weighted by molar-refractivity contribution is 6.30. The zero-order valence-electron chi connectivity index (χ0n) is 18.1. The van der Waals surface area contributed by atoms with E-state index in [1.807, 2.05) is 41.4 Å². The minimum absolute atomic E-state index is 0.104. The van der Waals surface area contributed by atoms with E-state index < -0.39 is 0 Å². The quantitative estimate of drug-likeness (QED) is 0.242. The summed E-state index contributed by atoms with van der Waals surface area (Å²) in [4.78, 5) is 10.8. The van der Waals surface area contributed by atoms with Crippen LogP contribution in [0, 0.1) is 18.2 Å². The number of halogens is 2. The fraction of sp³-hybridized carbons (Fsp3) is 0.292. The minimum Gasteiger partial charge on any atom is -0.355 e. The van der Waals surface area contributed by atoms with Crippen molar-refractivity contribution < 1.29 is 4.39 Å². The van der Waals surface area contributed by atoms with Gasteiger partial charge in [-0.15, -0.1) is 12.3 Å². The molecule has 9 heteroatoms. The molecule has 1 aliphatic heterocycles. The van der Waals surface area contributed by atoms with E-state index in [2.05, 4.69) is 31.6 Å². The van der Waals surface area contributed by atoms with E-state index in [0.29, 0.717) is 49.4 Å². The third kappa shape index (κ3) is 6.02. The second-order valence-electron chi connectivity index (χ2n) is 7.66. The largest absolute Gasteiger partial charge is 0.355 e. The van der Waals surface area contributed by atoms with Crippen molar-refractivity contribution >= 4 is 23.4 Å². The van der Waals surface area contributed by atoms with Crippen LogP contribution in [0.1, 0.15) is 18.5 Å². The van der Waals surface area contributed by atoms with Crippen LogP contribution in [0.25, 0.3) is 5.69 Å². The summed E-state index contributed by atoms with van der Waals surface area (Å²) < 4.78 is 15.9. The molecule has 1 aromatic carbocycles. The highest BCUT2D eigenvalue weighted by Gasteiger charge is 2.26. The van der Waals surface area contributed by atoms with E-state index in [9.17, 15) is 4.39 Å². The van der Waals surface area contributed by atoms with Crippen LogP contribution < -0.4 is 15.5 Å². The van der Waals surface area contributed by atoms with Crippen molar-refractivity contribution in [2.75, 3.05) is 24.5 Å². The number of guanidine groups is 1. The zero-order chi connectivity index (χ0) is 23.0. The molecular formula is C24H25ClFN7. The number of aromatic nitrogens is 3. The van der Waals surface area contributed by atoms with E-state index in [1.54, 1.807) is 16.9 Å². The maximum absolute atomic E-state index is 14.1. The Morgan fingerprint density at radius 2 is 2.21 bits per heavy atom. The Balaban J connectivity index is 1.41. The lowest BCUT2D eigenvalue weighted by molar-refractivity contribution is 0.612. The number of rotatable bonds is 7. The molecule has 1 fully saturated rings. The average molecular weight is 466 g/mol. The molecule has 0 aliphatic carbocycles. The number of aliphatic imine (C=N–C) groups is 1. The van der Waals surface area contributed by atoms with Gasteiger partial charge in [0.1, 0.15) is 0 Å². The van der Waals surface area contributed by atoms with Gasteiger partial charge in [0, 0.05) is 49.5 Å². The van der Waals surface area contributed by atoms with Crippen molar-refractivity contribution in [2.45, 2.75) is 25.4 Å². The summed E-state index contributed by atoms with van der Waals surface area (Å²) in [5.41, 5.74) is 1.70. The van der Waals surface area contributed by atoms with Gasteiger partial charge in [-0.3, -0.25) is 0 Å². The van der Waals surface area contributed by atoms with Gasteiger partial charge in [0.05, 0.1) is 17.9 Å².